The molecule has 5 nitrogen and oxygen atoms in total. The number of hydrogen-bond donors (Lipinski definition) is 2. The highest BCUT2D eigenvalue weighted by atomic mass is 32.2. The molecule has 3 aromatic rings. The normalized spacial score (nSPS) is 15.5. The third-order valence-corrected chi connectivity index (χ3v) is 7.51. The number of aromatic nitrogens is 2. The molecule has 2 N–H and O–H groups in total. The molecule has 148 valence electrons. The number of piperazine rings is 1. The van der Waals surface area contributed by atoms with Gasteiger partial charge in [-0.05, 0) is 31.5 Å². The SMILES string of the molecule is Cc1sc2nc(CSc3ccccc3)nc(N3CC[NH+](CCO)CC3)c2c1C. The van der Waals surface area contributed by atoms with Gasteiger partial charge in [0, 0.05) is 9.77 Å². The van der Waals surface area contributed by atoms with Crippen molar-refractivity contribution in [1.29, 1.82) is 0 Å². The number of aryl methyl sites for hydroxylation is 2. The summed E-state index contributed by atoms with van der Waals surface area (Å²) in [4.78, 5) is 17.5. The molecule has 0 bridgehead atoms. The van der Waals surface area contributed by atoms with E-state index < -0.39 is 0 Å². The number of hydrogen-bond acceptors (Lipinski definition) is 6. The van der Waals surface area contributed by atoms with Crippen LogP contribution < -0.4 is 9.80 Å². The molecule has 1 fully saturated rings. The number of nitrogens with one attached hydrogen (secondary N) is 1. The zero-order valence-corrected chi connectivity index (χ0v) is 18.1. The Kier molecular flexibility index (Phi) is 6.16. The van der Waals surface area contributed by atoms with Gasteiger partial charge >= 0.3 is 0 Å². The van der Waals surface area contributed by atoms with Crippen LogP contribution in [0.4, 0.5) is 5.82 Å². The van der Waals surface area contributed by atoms with Gasteiger partial charge in [-0.15, -0.1) is 23.1 Å². The molecule has 0 unspecified atom stereocenters. The molecule has 3 heterocycles. The highest BCUT2D eigenvalue weighted by molar-refractivity contribution is 7.98. The minimum atomic E-state index is 0.261. The van der Waals surface area contributed by atoms with Crippen molar-refractivity contribution in [3.8, 4) is 0 Å². The summed E-state index contributed by atoms with van der Waals surface area (Å²) in [5.41, 5.74) is 1.31. The average Bonchev–Trinajstić information content (AvgIpc) is 3.01. The monoisotopic (exact) mass is 415 g/mol. The molecule has 0 amide bonds. The van der Waals surface area contributed by atoms with Crippen LogP contribution in [-0.2, 0) is 5.75 Å². The highest BCUT2D eigenvalue weighted by Gasteiger charge is 2.24. The van der Waals surface area contributed by atoms with Gasteiger partial charge < -0.3 is 14.9 Å². The van der Waals surface area contributed by atoms with Crippen molar-refractivity contribution in [2.75, 3.05) is 44.2 Å². The van der Waals surface area contributed by atoms with Crippen molar-refractivity contribution in [3.63, 3.8) is 0 Å². The van der Waals surface area contributed by atoms with E-state index in [-0.39, 0.29) is 6.61 Å². The summed E-state index contributed by atoms with van der Waals surface area (Å²) >= 11 is 3.56. The van der Waals surface area contributed by atoms with Gasteiger partial charge in [0.2, 0.25) is 0 Å². The lowest BCUT2D eigenvalue weighted by molar-refractivity contribution is -0.900. The fourth-order valence-corrected chi connectivity index (χ4v) is 5.49. The number of thioether (sulfide) groups is 1. The molecule has 0 spiro atoms. The van der Waals surface area contributed by atoms with E-state index in [0.29, 0.717) is 0 Å². The van der Waals surface area contributed by atoms with E-state index in [1.807, 2.05) is 6.07 Å². The maximum atomic E-state index is 9.22. The summed E-state index contributed by atoms with van der Waals surface area (Å²) < 4.78 is 0. The standard InChI is InChI=1S/C21H26N4OS2/c1-15-16(2)28-21-19(15)20(25-10-8-24(9-11-25)12-13-26)22-18(23-21)14-27-17-6-4-3-5-7-17/h3-7,26H,8-14H2,1-2H3/p+1. The molecule has 0 aliphatic carbocycles. The minimum Gasteiger partial charge on any atom is -0.391 e. The van der Waals surface area contributed by atoms with E-state index in [1.54, 1.807) is 23.1 Å². The van der Waals surface area contributed by atoms with E-state index in [1.165, 1.54) is 25.6 Å². The molecule has 1 aliphatic heterocycles. The molecule has 4 rings (SSSR count). The highest BCUT2D eigenvalue weighted by Crippen LogP contribution is 2.35. The fraction of sp³-hybridized carbons (Fsp3) is 0.429. The van der Waals surface area contributed by atoms with Crippen molar-refractivity contribution in [1.82, 2.24) is 9.97 Å². The Balaban J connectivity index is 1.62. The lowest BCUT2D eigenvalue weighted by Crippen LogP contribution is -3.15. The molecule has 28 heavy (non-hydrogen) atoms. The molecule has 0 atom stereocenters. The predicted molar refractivity (Wildman–Crippen MR) is 118 cm³/mol. The van der Waals surface area contributed by atoms with Crippen molar-refractivity contribution >= 4 is 39.1 Å². The van der Waals surface area contributed by atoms with Gasteiger partial charge in [-0.1, -0.05) is 18.2 Å². The Hall–Kier alpha value is -1.67. The summed E-state index contributed by atoms with van der Waals surface area (Å²) in [5, 5.41) is 10.4. The first-order valence-corrected chi connectivity index (χ1v) is 11.6. The van der Waals surface area contributed by atoms with E-state index in [2.05, 4.69) is 43.0 Å². The first kappa shape index (κ1) is 19.6. The van der Waals surface area contributed by atoms with Crippen molar-refractivity contribution in [2.24, 2.45) is 0 Å². The largest absolute Gasteiger partial charge is 0.391 e. The van der Waals surface area contributed by atoms with Crippen LogP contribution in [0, 0.1) is 13.8 Å². The van der Waals surface area contributed by atoms with Crippen LogP contribution in [0.2, 0.25) is 0 Å². The van der Waals surface area contributed by atoms with Gasteiger partial charge in [-0.3, -0.25) is 0 Å². The number of nitrogens with zero attached hydrogens (tertiary/aromatic N) is 3. The molecule has 0 radical (unpaired) electrons. The topological polar surface area (TPSA) is 53.7 Å². The molecule has 0 saturated carbocycles. The lowest BCUT2D eigenvalue weighted by Gasteiger charge is -2.33. The van der Waals surface area contributed by atoms with Gasteiger partial charge in [0.15, 0.2) is 0 Å². The summed E-state index contributed by atoms with van der Waals surface area (Å²) in [5.74, 6) is 2.78. The van der Waals surface area contributed by atoms with E-state index >= 15 is 0 Å². The number of quaternary nitrogens is 1. The van der Waals surface area contributed by atoms with Gasteiger partial charge in [0.1, 0.15) is 23.0 Å². The molecular weight excluding hydrogens is 388 g/mol. The average molecular weight is 416 g/mol. The Morgan fingerprint density at radius 3 is 2.61 bits per heavy atom. The van der Waals surface area contributed by atoms with Crippen LogP contribution in [0.3, 0.4) is 0 Å². The number of aliphatic hydroxyl groups is 1. The van der Waals surface area contributed by atoms with Gasteiger partial charge in [0.05, 0.1) is 43.9 Å². The zero-order valence-electron chi connectivity index (χ0n) is 16.4. The van der Waals surface area contributed by atoms with Crippen LogP contribution in [0.1, 0.15) is 16.3 Å². The van der Waals surface area contributed by atoms with Crippen LogP contribution in [-0.4, -0.2) is 54.4 Å². The Labute approximate surface area is 174 Å². The van der Waals surface area contributed by atoms with E-state index in [9.17, 15) is 5.11 Å². The molecule has 7 heteroatoms. The summed E-state index contributed by atoms with van der Waals surface area (Å²) in [6, 6.07) is 10.4. The van der Waals surface area contributed by atoms with Crippen LogP contribution in [0.15, 0.2) is 35.2 Å². The van der Waals surface area contributed by atoms with Gasteiger partial charge in [-0.25, -0.2) is 9.97 Å². The Morgan fingerprint density at radius 1 is 1.14 bits per heavy atom. The smallest absolute Gasteiger partial charge is 0.142 e. The maximum absolute atomic E-state index is 9.22. The van der Waals surface area contributed by atoms with Gasteiger partial charge in [-0.2, -0.15) is 0 Å². The predicted octanol–water partition coefficient (Wildman–Crippen LogP) is 2.30. The zero-order chi connectivity index (χ0) is 19.5. The lowest BCUT2D eigenvalue weighted by atomic mass is 10.2. The second kappa shape index (κ2) is 8.78. The third-order valence-electron chi connectivity index (χ3n) is 5.40. The first-order chi connectivity index (χ1) is 13.7. The van der Waals surface area contributed by atoms with Gasteiger partial charge in [0.25, 0.3) is 0 Å². The number of thiophene rings is 1. The quantitative estimate of drug-likeness (QED) is 0.605. The van der Waals surface area contributed by atoms with Crippen LogP contribution in [0.5, 0.6) is 0 Å². The summed E-state index contributed by atoms with van der Waals surface area (Å²) in [7, 11) is 0. The molecule has 2 aromatic heterocycles. The Bertz CT molecular complexity index is 936. The number of benzene rings is 1. The number of anilines is 1. The van der Waals surface area contributed by atoms with Crippen LogP contribution >= 0.6 is 23.1 Å². The second-order valence-corrected chi connectivity index (χ2v) is 9.49. The van der Waals surface area contributed by atoms with Crippen molar-refractivity contribution in [2.45, 2.75) is 24.5 Å². The first-order valence-electron chi connectivity index (χ1n) is 9.79. The molecule has 1 aliphatic rings. The van der Waals surface area contributed by atoms with E-state index in [0.717, 1.165) is 54.9 Å². The fourth-order valence-electron chi connectivity index (χ4n) is 3.67. The van der Waals surface area contributed by atoms with Crippen molar-refractivity contribution in [3.05, 3.63) is 46.6 Å². The number of fused-ring (bicyclic) bond motifs is 1. The van der Waals surface area contributed by atoms with E-state index in [4.69, 9.17) is 9.97 Å². The molecule has 1 aromatic carbocycles. The molecule has 1 saturated heterocycles. The maximum Gasteiger partial charge on any atom is 0.142 e. The summed E-state index contributed by atoms with van der Waals surface area (Å²) in [6.07, 6.45) is 0. The van der Waals surface area contributed by atoms with Crippen molar-refractivity contribution < 1.29 is 10.0 Å². The Morgan fingerprint density at radius 2 is 1.89 bits per heavy atom. The minimum absolute atomic E-state index is 0.261. The molecular formula is C21H27N4OS2+. The number of aliphatic hydroxyl groups excluding tert-OH is 1. The van der Waals surface area contributed by atoms with Crippen LogP contribution in [0.25, 0.3) is 10.2 Å². The summed E-state index contributed by atoms with van der Waals surface area (Å²) in [6.45, 7) is 9.49. The third kappa shape index (κ3) is 4.17. The second-order valence-electron chi connectivity index (χ2n) is 7.24. The number of rotatable bonds is 6.